The number of benzene rings is 1. The van der Waals surface area contributed by atoms with Gasteiger partial charge >= 0.3 is 11.5 Å². The van der Waals surface area contributed by atoms with Crippen LogP contribution in [0, 0.1) is 12.3 Å². The maximum Gasteiger partial charge on any atom is 0.446 e. The maximum atomic E-state index is 12.3. The van der Waals surface area contributed by atoms with Gasteiger partial charge in [-0.15, -0.1) is 0 Å². The van der Waals surface area contributed by atoms with Crippen LogP contribution in [-0.2, 0) is 4.79 Å². The molecule has 1 fully saturated rings. The van der Waals surface area contributed by atoms with Gasteiger partial charge in [-0.1, -0.05) is 32.1 Å². The lowest BCUT2D eigenvalue weighted by molar-refractivity contribution is -0.124. The van der Waals surface area contributed by atoms with Crippen molar-refractivity contribution in [2.45, 2.75) is 48.9 Å². The number of primary amides is 1. The van der Waals surface area contributed by atoms with Gasteiger partial charge in [0.2, 0.25) is 5.91 Å². The van der Waals surface area contributed by atoms with Crippen LogP contribution in [0.4, 0.5) is 23.7 Å². The molecular weight excluding hydrogens is 391 g/mol. The standard InChI is InChI=1S/C19H25F3N3O2S/c20-19(21,22)28-16-9-7-15(8-10-16)24-12-13-25(18(23)27)17(26)11-6-14-4-2-1-3-5-14/h7-11,14,24H,1-6,12-13H2,(H2,23,27). The monoisotopic (exact) mass is 416 g/mol. The first-order valence-corrected chi connectivity index (χ1v) is 10.1. The predicted molar refractivity (Wildman–Crippen MR) is 104 cm³/mol. The fourth-order valence-corrected chi connectivity index (χ4v) is 3.76. The second-order valence-electron chi connectivity index (χ2n) is 6.77. The van der Waals surface area contributed by atoms with Crippen LogP contribution in [0.1, 0.15) is 38.5 Å². The van der Waals surface area contributed by atoms with E-state index in [0.717, 1.165) is 17.7 Å². The highest BCUT2D eigenvalue weighted by molar-refractivity contribution is 8.00. The van der Waals surface area contributed by atoms with Crippen LogP contribution in [0.3, 0.4) is 0 Å². The van der Waals surface area contributed by atoms with Gasteiger partial charge in [-0.05, 0) is 48.4 Å². The van der Waals surface area contributed by atoms with Crippen molar-refractivity contribution < 1.29 is 22.8 Å². The molecular formula is C19H25F3N3O2S. The molecule has 9 heteroatoms. The largest absolute Gasteiger partial charge is 0.446 e. The summed E-state index contributed by atoms with van der Waals surface area (Å²) in [6, 6.07) is 4.92. The number of nitrogens with one attached hydrogen (secondary N) is 1. The fraction of sp³-hybridized carbons (Fsp3) is 0.526. The third kappa shape index (κ3) is 8.00. The molecule has 5 nitrogen and oxygen atoms in total. The summed E-state index contributed by atoms with van der Waals surface area (Å²) >= 11 is -0.183. The van der Waals surface area contributed by atoms with Gasteiger partial charge < -0.3 is 11.1 Å². The minimum absolute atomic E-state index is 0.0778. The number of carbonyl (C=O) groups is 2. The lowest BCUT2D eigenvalue weighted by Crippen LogP contribution is -2.43. The minimum atomic E-state index is -4.33. The molecule has 28 heavy (non-hydrogen) atoms. The second kappa shape index (κ2) is 10.6. The van der Waals surface area contributed by atoms with Gasteiger partial charge in [-0.2, -0.15) is 13.2 Å². The highest BCUT2D eigenvalue weighted by Crippen LogP contribution is 2.37. The van der Waals surface area contributed by atoms with Crippen molar-refractivity contribution in [2.75, 3.05) is 18.4 Å². The average Bonchev–Trinajstić information content (AvgIpc) is 2.64. The summed E-state index contributed by atoms with van der Waals surface area (Å²) in [6.07, 6.45) is 7.97. The number of alkyl halides is 3. The summed E-state index contributed by atoms with van der Waals surface area (Å²) in [6.45, 7) is 0.325. The summed E-state index contributed by atoms with van der Waals surface area (Å²) in [5.74, 6) is 0.0791. The van der Waals surface area contributed by atoms with E-state index in [4.69, 9.17) is 5.73 Å². The van der Waals surface area contributed by atoms with Crippen molar-refractivity contribution in [1.29, 1.82) is 0 Å². The number of urea groups is 1. The van der Waals surface area contributed by atoms with Gasteiger partial charge in [0.05, 0.1) is 6.42 Å². The summed E-state index contributed by atoms with van der Waals surface area (Å²) < 4.78 is 37.0. The number of carbonyl (C=O) groups excluding carboxylic acids is 2. The van der Waals surface area contributed by atoms with E-state index in [1.165, 1.54) is 49.9 Å². The Kier molecular flexibility index (Phi) is 8.47. The number of nitrogens with two attached hydrogens (primary N) is 1. The molecule has 0 unspecified atom stereocenters. The molecule has 1 saturated carbocycles. The Morgan fingerprint density at radius 3 is 2.39 bits per heavy atom. The van der Waals surface area contributed by atoms with E-state index >= 15 is 0 Å². The molecule has 0 atom stereocenters. The number of amides is 3. The highest BCUT2D eigenvalue weighted by atomic mass is 32.2. The first-order chi connectivity index (χ1) is 13.2. The zero-order chi connectivity index (χ0) is 20.6. The number of thioether (sulfide) groups is 1. The van der Waals surface area contributed by atoms with Crippen LogP contribution >= 0.6 is 11.8 Å². The third-order valence-corrected chi connectivity index (χ3v) is 5.37. The smallest absolute Gasteiger partial charge is 0.383 e. The Morgan fingerprint density at radius 1 is 1.18 bits per heavy atom. The average molecular weight is 416 g/mol. The van der Waals surface area contributed by atoms with Crippen LogP contribution < -0.4 is 11.1 Å². The molecule has 155 valence electrons. The van der Waals surface area contributed by atoms with E-state index in [0.29, 0.717) is 18.0 Å². The lowest BCUT2D eigenvalue weighted by Gasteiger charge is -2.23. The zero-order valence-corrected chi connectivity index (χ0v) is 16.3. The topological polar surface area (TPSA) is 75.4 Å². The molecule has 1 aromatic rings. The lowest BCUT2D eigenvalue weighted by atomic mass is 9.86. The Balaban J connectivity index is 1.77. The van der Waals surface area contributed by atoms with Gasteiger partial charge in [0.15, 0.2) is 0 Å². The molecule has 3 amide bonds. The van der Waals surface area contributed by atoms with E-state index in [2.05, 4.69) is 5.32 Å². The van der Waals surface area contributed by atoms with Crippen LogP contribution in [-0.4, -0.2) is 35.4 Å². The highest BCUT2D eigenvalue weighted by Gasteiger charge is 2.29. The van der Waals surface area contributed by atoms with Gasteiger partial charge in [0.1, 0.15) is 0 Å². The van der Waals surface area contributed by atoms with E-state index in [1.807, 2.05) is 0 Å². The first-order valence-electron chi connectivity index (χ1n) is 9.28. The molecule has 0 heterocycles. The van der Waals surface area contributed by atoms with Gasteiger partial charge in [-0.3, -0.25) is 9.69 Å². The molecule has 1 radical (unpaired) electrons. The van der Waals surface area contributed by atoms with Crippen molar-refractivity contribution in [1.82, 2.24) is 4.90 Å². The van der Waals surface area contributed by atoms with E-state index in [-0.39, 0.29) is 29.7 Å². The van der Waals surface area contributed by atoms with E-state index < -0.39 is 17.4 Å². The van der Waals surface area contributed by atoms with Crippen LogP contribution in [0.15, 0.2) is 29.2 Å². The molecule has 0 saturated heterocycles. The Morgan fingerprint density at radius 2 is 1.82 bits per heavy atom. The summed E-state index contributed by atoms with van der Waals surface area (Å²) in [5, 5.41) is 2.97. The van der Waals surface area contributed by atoms with Crippen molar-refractivity contribution >= 4 is 29.4 Å². The predicted octanol–water partition coefficient (Wildman–Crippen LogP) is 4.79. The minimum Gasteiger partial charge on any atom is -0.383 e. The van der Waals surface area contributed by atoms with Crippen LogP contribution in [0.5, 0.6) is 0 Å². The number of rotatable bonds is 8. The van der Waals surface area contributed by atoms with Gasteiger partial charge in [0.25, 0.3) is 0 Å². The van der Waals surface area contributed by atoms with Crippen LogP contribution in [0.25, 0.3) is 0 Å². The molecule has 1 aromatic carbocycles. The SMILES string of the molecule is NC(=O)N(CCNc1ccc(SC(F)(F)F)cc1)C(=O)[CH]CC1CCCCC1. The van der Waals surface area contributed by atoms with Crippen molar-refractivity contribution in [3.05, 3.63) is 30.7 Å². The number of halogens is 3. The number of anilines is 1. The first kappa shape index (κ1) is 22.4. The normalized spacial score (nSPS) is 15.2. The summed E-state index contributed by atoms with van der Waals surface area (Å²) in [5.41, 5.74) is 1.58. The number of hydrogen-bond acceptors (Lipinski definition) is 4. The molecule has 0 aliphatic heterocycles. The van der Waals surface area contributed by atoms with Crippen molar-refractivity contribution in [3.8, 4) is 0 Å². The summed E-state index contributed by atoms with van der Waals surface area (Å²) in [7, 11) is 0. The third-order valence-electron chi connectivity index (χ3n) is 4.64. The van der Waals surface area contributed by atoms with Crippen LogP contribution in [0.2, 0.25) is 0 Å². The van der Waals surface area contributed by atoms with Gasteiger partial charge in [-0.25, -0.2) is 4.79 Å². The molecule has 0 aromatic heterocycles. The Hall–Kier alpha value is -1.90. The fourth-order valence-electron chi connectivity index (χ4n) is 3.22. The summed E-state index contributed by atoms with van der Waals surface area (Å²) in [4.78, 5) is 24.9. The quantitative estimate of drug-likeness (QED) is 0.598. The number of hydrogen-bond donors (Lipinski definition) is 2. The second-order valence-corrected chi connectivity index (χ2v) is 7.91. The van der Waals surface area contributed by atoms with E-state index in [1.54, 1.807) is 0 Å². The molecule has 0 spiro atoms. The van der Waals surface area contributed by atoms with Gasteiger partial charge in [0, 0.05) is 23.7 Å². The van der Waals surface area contributed by atoms with Crippen molar-refractivity contribution in [3.63, 3.8) is 0 Å². The zero-order valence-electron chi connectivity index (χ0n) is 15.5. The van der Waals surface area contributed by atoms with E-state index in [9.17, 15) is 22.8 Å². The Bertz CT molecular complexity index is 647. The Labute approximate surface area is 167 Å². The number of nitrogens with zero attached hydrogens (tertiary/aromatic N) is 1. The molecule has 0 bridgehead atoms. The molecule has 1 aliphatic rings. The number of imide groups is 1. The maximum absolute atomic E-state index is 12.3. The molecule has 2 rings (SSSR count). The molecule has 1 aliphatic carbocycles. The van der Waals surface area contributed by atoms with Crippen molar-refractivity contribution in [2.24, 2.45) is 11.7 Å². The molecule has 3 N–H and O–H groups in total.